The number of rotatable bonds is 9. The Morgan fingerprint density at radius 3 is 1.92 bits per heavy atom. The van der Waals surface area contributed by atoms with Crippen molar-refractivity contribution in [2.24, 2.45) is 0 Å². The highest BCUT2D eigenvalue weighted by Gasteiger charge is 2.21. The van der Waals surface area contributed by atoms with Crippen LogP contribution in [0.1, 0.15) is 33.3 Å². The molecule has 0 aliphatic rings. The quantitative estimate of drug-likeness (QED) is 0.650. The molecule has 1 rings (SSSR count). The number of likely N-dealkylation sites (N-methyl/N-ethyl adjacent to an activating group) is 1. The van der Waals surface area contributed by atoms with E-state index < -0.39 is 21.8 Å². The Kier molecular flexibility index (Phi) is 8.74. The van der Waals surface area contributed by atoms with Crippen LogP contribution in [0.15, 0.2) is 29.2 Å². The Morgan fingerprint density at radius 1 is 0.923 bits per heavy atom. The van der Waals surface area contributed by atoms with E-state index in [9.17, 15) is 18.0 Å². The molecular weight excluding hydrogens is 354 g/mol. The molecule has 0 radical (unpaired) electrons. The van der Waals surface area contributed by atoms with E-state index in [2.05, 4.69) is 5.32 Å². The average Bonchev–Trinajstić information content (AvgIpc) is 2.63. The number of carbonyl (C=O) groups is 2. The topological polar surface area (TPSA) is 86.8 Å². The van der Waals surface area contributed by atoms with Crippen LogP contribution in [0.25, 0.3) is 0 Å². The number of hydrogen-bond donors (Lipinski definition) is 1. The lowest BCUT2D eigenvalue weighted by molar-refractivity contribution is -0.145. The molecule has 0 unspecified atom stereocenters. The number of sulfonamides is 1. The first-order chi connectivity index (χ1) is 12.3. The number of hydrogen-bond acceptors (Lipinski definition) is 4. The second-order valence-electron chi connectivity index (χ2n) is 5.72. The maximum atomic E-state index is 12.4. The van der Waals surface area contributed by atoms with Crippen LogP contribution in [0.3, 0.4) is 0 Å². The van der Waals surface area contributed by atoms with Crippen LogP contribution < -0.4 is 5.32 Å². The molecule has 0 saturated heterocycles. The second-order valence-corrected chi connectivity index (χ2v) is 7.65. The number of nitrogens with one attached hydrogen (secondary N) is 1. The fraction of sp³-hybridized carbons (Fsp3) is 0.556. The van der Waals surface area contributed by atoms with E-state index >= 15 is 0 Å². The summed E-state index contributed by atoms with van der Waals surface area (Å²) in [6.07, 6.45) is 0.517. The summed E-state index contributed by atoms with van der Waals surface area (Å²) in [5.74, 6) is -1.15. The number of benzene rings is 1. The second kappa shape index (κ2) is 10.3. The maximum Gasteiger partial charge on any atom is 0.311 e. The molecule has 8 heteroatoms. The van der Waals surface area contributed by atoms with E-state index in [1.807, 2.05) is 13.8 Å². The van der Waals surface area contributed by atoms with Gasteiger partial charge in [-0.1, -0.05) is 26.0 Å². The maximum absolute atomic E-state index is 12.4. The van der Waals surface area contributed by atoms with E-state index in [0.717, 1.165) is 5.56 Å². The molecule has 0 aromatic heterocycles. The molecular formula is C18H29N3O4S. The Morgan fingerprint density at radius 2 is 1.46 bits per heavy atom. The van der Waals surface area contributed by atoms with Gasteiger partial charge < -0.3 is 10.2 Å². The molecule has 0 atom stereocenters. The third-order valence-corrected chi connectivity index (χ3v) is 6.27. The molecule has 26 heavy (non-hydrogen) atoms. The zero-order valence-corrected chi connectivity index (χ0v) is 16.8. The monoisotopic (exact) mass is 383 g/mol. The number of nitrogens with zero attached hydrogens (tertiary/aromatic N) is 2. The summed E-state index contributed by atoms with van der Waals surface area (Å²) < 4.78 is 26.3. The van der Waals surface area contributed by atoms with Crippen molar-refractivity contribution in [3.63, 3.8) is 0 Å². The van der Waals surface area contributed by atoms with E-state index in [4.69, 9.17) is 0 Å². The van der Waals surface area contributed by atoms with Gasteiger partial charge in [0.1, 0.15) is 0 Å². The van der Waals surface area contributed by atoms with Gasteiger partial charge in [-0.05, 0) is 38.0 Å². The van der Waals surface area contributed by atoms with Gasteiger partial charge in [-0.25, -0.2) is 8.42 Å². The van der Waals surface area contributed by atoms with Gasteiger partial charge >= 0.3 is 11.8 Å². The lowest BCUT2D eigenvalue weighted by Gasteiger charge is -2.18. The predicted molar refractivity (Wildman–Crippen MR) is 101 cm³/mol. The first-order valence-corrected chi connectivity index (χ1v) is 10.4. The van der Waals surface area contributed by atoms with Crippen LogP contribution in [0.5, 0.6) is 0 Å². The van der Waals surface area contributed by atoms with E-state index in [0.29, 0.717) is 39.1 Å². The minimum atomic E-state index is -3.47. The molecule has 0 heterocycles. The summed E-state index contributed by atoms with van der Waals surface area (Å²) in [7, 11) is -3.47. The number of amides is 2. The van der Waals surface area contributed by atoms with Crippen LogP contribution in [0.2, 0.25) is 0 Å². The summed E-state index contributed by atoms with van der Waals surface area (Å²) in [5.41, 5.74) is 0.888. The molecule has 0 saturated carbocycles. The molecule has 7 nitrogen and oxygen atoms in total. The van der Waals surface area contributed by atoms with E-state index in [1.165, 1.54) is 9.21 Å². The smallest absolute Gasteiger partial charge is 0.311 e. The highest BCUT2D eigenvalue weighted by atomic mass is 32.2. The molecule has 1 N–H and O–H groups in total. The van der Waals surface area contributed by atoms with Crippen molar-refractivity contribution < 1.29 is 18.0 Å². The predicted octanol–water partition coefficient (Wildman–Crippen LogP) is 1.24. The Balaban J connectivity index is 2.63. The van der Waals surface area contributed by atoms with Crippen molar-refractivity contribution in [3.8, 4) is 0 Å². The summed E-state index contributed by atoms with van der Waals surface area (Å²) in [6.45, 7) is 9.39. The largest absolute Gasteiger partial charge is 0.347 e. The third kappa shape index (κ3) is 5.54. The zero-order chi connectivity index (χ0) is 19.7. The Bertz CT molecular complexity index is 694. The van der Waals surface area contributed by atoms with Crippen LogP contribution in [-0.4, -0.2) is 62.2 Å². The fourth-order valence-corrected chi connectivity index (χ4v) is 4.05. The van der Waals surface area contributed by atoms with Crippen LogP contribution in [-0.2, 0) is 26.0 Å². The lowest BCUT2D eigenvalue weighted by atomic mass is 10.1. The first-order valence-electron chi connectivity index (χ1n) is 8.97. The molecule has 2 amide bonds. The highest BCUT2D eigenvalue weighted by Crippen LogP contribution is 2.16. The molecule has 0 fully saturated rings. The van der Waals surface area contributed by atoms with Crippen LogP contribution in [0.4, 0.5) is 0 Å². The normalized spacial score (nSPS) is 11.4. The van der Waals surface area contributed by atoms with Gasteiger partial charge in [0.25, 0.3) is 0 Å². The van der Waals surface area contributed by atoms with Gasteiger partial charge in [0.15, 0.2) is 0 Å². The van der Waals surface area contributed by atoms with Gasteiger partial charge in [-0.3, -0.25) is 9.59 Å². The Hall–Kier alpha value is -1.93. The molecule has 0 aliphatic heterocycles. The van der Waals surface area contributed by atoms with E-state index in [-0.39, 0.29) is 4.90 Å². The standard InChI is InChI=1S/C18H29N3O4S/c1-5-20(6-2)18(23)17(22)19-14-13-15-9-11-16(12-10-15)26(24,25)21(7-3)8-4/h9-12H,5-8,13-14H2,1-4H3,(H,19,22). The molecule has 0 bridgehead atoms. The first kappa shape index (κ1) is 22.1. The molecule has 0 spiro atoms. The van der Waals surface area contributed by atoms with Gasteiger partial charge in [0.2, 0.25) is 10.0 Å². The van der Waals surface area contributed by atoms with Gasteiger partial charge in [-0.15, -0.1) is 0 Å². The molecule has 1 aromatic carbocycles. The van der Waals surface area contributed by atoms with Gasteiger partial charge in [0.05, 0.1) is 4.90 Å². The van der Waals surface area contributed by atoms with Crippen molar-refractivity contribution in [1.29, 1.82) is 0 Å². The summed E-state index contributed by atoms with van der Waals surface area (Å²) >= 11 is 0. The van der Waals surface area contributed by atoms with Crippen molar-refractivity contribution in [1.82, 2.24) is 14.5 Å². The SMILES string of the molecule is CCN(CC)C(=O)C(=O)NCCc1ccc(S(=O)(=O)N(CC)CC)cc1. The van der Waals surface area contributed by atoms with Gasteiger partial charge in [0, 0.05) is 32.7 Å². The highest BCUT2D eigenvalue weighted by molar-refractivity contribution is 7.89. The van der Waals surface area contributed by atoms with Crippen molar-refractivity contribution in [2.45, 2.75) is 39.0 Å². The fourth-order valence-electron chi connectivity index (χ4n) is 2.59. The molecule has 146 valence electrons. The third-order valence-electron chi connectivity index (χ3n) is 4.21. The molecule has 1 aromatic rings. The minimum Gasteiger partial charge on any atom is -0.347 e. The summed E-state index contributed by atoms with van der Waals surface area (Å²) in [5, 5.41) is 2.60. The van der Waals surface area contributed by atoms with Crippen molar-refractivity contribution >= 4 is 21.8 Å². The lowest BCUT2D eigenvalue weighted by Crippen LogP contribution is -2.43. The van der Waals surface area contributed by atoms with Crippen molar-refractivity contribution in [2.75, 3.05) is 32.7 Å². The average molecular weight is 384 g/mol. The molecule has 0 aliphatic carbocycles. The Labute approximate surface area is 156 Å². The van der Waals surface area contributed by atoms with Crippen LogP contribution in [0, 0.1) is 0 Å². The van der Waals surface area contributed by atoms with Crippen LogP contribution >= 0.6 is 0 Å². The summed E-state index contributed by atoms with van der Waals surface area (Å²) in [4.78, 5) is 25.4. The van der Waals surface area contributed by atoms with E-state index in [1.54, 1.807) is 38.1 Å². The van der Waals surface area contributed by atoms with Crippen molar-refractivity contribution in [3.05, 3.63) is 29.8 Å². The summed E-state index contributed by atoms with van der Waals surface area (Å²) in [6, 6.07) is 6.61. The number of carbonyl (C=O) groups excluding carboxylic acids is 2. The minimum absolute atomic E-state index is 0.255. The zero-order valence-electron chi connectivity index (χ0n) is 16.0. The van der Waals surface area contributed by atoms with Gasteiger partial charge in [-0.2, -0.15) is 4.31 Å².